The van der Waals surface area contributed by atoms with Crippen LogP contribution in [-0.2, 0) is 61.9 Å². The molecule has 70 heavy (non-hydrogen) atoms. The molecule has 0 saturated carbocycles. The minimum Gasteiger partial charge on any atom is -0.469 e. The third-order valence-electron chi connectivity index (χ3n) is 11.5. The van der Waals surface area contributed by atoms with Crippen molar-refractivity contribution in [1.29, 1.82) is 0 Å². The van der Waals surface area contributed by atoms with Gasteiger partial charge in [0.15, 0.2) is 5.78 Å². The van der Waals surface area contributed by atoms with Crippen LogP contribution in [0.4, 0.5) is 0 Å². The van der Waals surface area contributed by atoms with Crippen molar-refractivity contribution >= 4 is 29.7 Å². The predicted octanol–water partition coefficient (Wildman–Crippen LogP) is 11.8. The number of carbonyl (C=O) groups excluding carboxylic acids is 5. The van der Waals surface area contributed by atoms with Crippen LogP contribution in [0.3, 0.4) is 0 Å². The van der Waals surface area contributed by atoms with Crippen molar-refractivity contribution in [2.75, 3.05) is 94.4 Å². The van der Waals surface area contributed by atoms with E-state index in [0.29, 0.717) is 78.5 Å². The minimum absolute atomic E-state index is 0.0510. The molecule has 1 atom stereocenters. The number of hydrogen-bond donors (Lipinski definition) is 0. The Hall–Kier alpha value is -3.17. The van der Waals surface area contributed by atoms with Gasteiger partial charge in [-0.2, -0.15) is 0 Å². The highest BCUT2D eigenvalue weighted by atomic mass is 16.5. The molecule has 0 aromatic rings. The van der Waals surface area contributed by atoms with Crippen LogP contribution in [-0.4, -0.2) is 135 Å². The van der Waals surface area contributed by atoms with E-state index in [-0.39, 0.29) is 48.9 Å². The molecule has 0 aliphatic heterocycles. The van der Waals surface area contributed by atoms with E-state index >= 15 is 0 Å². The van der Waals surface area contributed by atoms with Gasteiger partial charge in [-0.3, -0.25) is 24.0 Å². The highest BCUT2D eigenvalue weighted by molar-refractivity contribution is 5.80. The number of esters is 4. The van der Waals surface area contributed by atoms with Crippen LogP contribution in [0.2, 0.25) is 0 Å². The smallest absolute Gasteiger partial charge is 0.306 e. The Balaban J connectivity index is 0. The van der Waals surface area contributed by atoms with Gasteiger partial charge < -0.3 is 42.8 Å². The number of allylic oxidation sites excluding steroid dienone is 2. The normalized spacial score (nSPS) is 11.8. The molecule has 14 heteroatoms. The summed E-state index contributed by atoms with van der Waals surface area (Å²) in [5.41, 5.74) is 0. The van der Waals surface area contributed by atoms with Crippen molar-refractivity contribution in [3.63, 3.8) is 0 Å². The molecule has 0 bridgehead atoms. The largest absolute Gasteiger partial charge is 0.469 e. The summed E-state index contributed by atoms with van der Waals surface area (Å²) in [6.45, 7) is 8.94. The molecule has 0 radical (unpaired) electrons. The summed E-state index contributed by atoms with van der Waals surface area (Å²) >= 11 is 0. The molecular weight excluding hydrogens is 895 g/mol. The molecule has 14 nitrogen and oxygen atoms in total. The Morgan fingerprint density at radius 1 is 0.400 bits per heavy atom. The highest BCUT2D eigenvalue weighted by Gasteiger charge is 2.12. The number of ether oxygens (including phenoxy) is 8. The number of likely N-dealkylation sites (N-methyl/N-ethyl adjacent to an activating group) is 1. The summed E-state index contributed by atoms with van der Waals surface area (Å²) in [6, 6.07) is 0.212. The molecule has 0 heterocycles. The Morgan fingerprint density at radius 2 is 0.729 bits per heavy atom. The van der Waals surface area contributed by atoms with Gasteiger partial charge >= 0.3 is 23.9 Å². The van der Waals surface area contributed by atoms with Gasteiger partial charge in [-0.05, 0) is 91.1 Å². The van der Waals surface area contributed by atoms with Gasteiger partial charge in [0.25, 0.3) is 0 Å². The highest BCUT2D eigenvalue weighted by Crippen LogP contribution is 2.10. The van der Waals surface area contributed by atoms with E-state index in [1.165, 1.54) is 91.3 Å². The maximum absolute atomic E-state index is 11.8. The lowest BCUT2D eigenvalue weighted by atomic mass is 10.1. The van der Waals surface area contributed by atoms with E-state index in [1.807, 2.05) is 26.2 Å². The molecule has 0 rings (SSSR count). The zero-order valence-electron chi connectivity index (χ0n) is 45.4. The first kappa shape index (κ1) is 68.9. The van der Waals surface area contributed by atoms with Crippen LogP contribution in [0.15, 0.2) is 24.3 Å². The zero-order chi connectivity index (χ0) is 51.8. The first-order chi connectivity index (χ1) is 34.1. The second-order valence-electron chi connectivity index (χ2n) is 18.2. The Labute approximate surface area is 426 Å². The number of carbonyl (C=O) groups is 5. The lowest BCUT2D eigenvalue weighted by Gasteiger charge is -2.24. The fourth-order valence-corrected chi connectivity index (χ4v) is 6.89. The molecular formula is C56H103NO13. The number of rotatable bonds is 51. The Kier molecular flexibility index (Phi) is 55.9. The average molecular weight is 998 g/mol. The summed E-state index contributed by atoms with van der Waals surface area (Å²) < 4.78 is 42.0. The summed E-state index contributed by atoms with van der Waals surface area (Å²) in [7, 11) is 6.86. The zero-order valence-corrected chi connectivity index (χ0v) is 45.4. The van der Waals surface area contributed by atoms with E-state index in [4.69, 9.17) is 28.4 Å². The molecule has 410 valence electrons. The average Bonchev–Trinajstić information content (AvgIpc) is 3.35. The fraction of sp³-hybridized carbons (Fsp3) is 0.839. The van der Waals surface area contributed by atoms with Crippen LogP contribution in [0.1, 0.15) is 206 Å². The van der Waals surface area contributed by atoms with Gasteiger partial charge in [-0.15, -0.1) is 0 Å². The molecule has 0 aliphatic carbocycles. The van der Waals surface area contributed by atoms with Crippen molar-refractivity contribution < 1.29 is 61.9 Å². The standard InChI is InChI=1S/C29H55NO6.C27H48O7/c1-5-6-7-8-9-10-11-12-19-24-36-29(32)21-16-14-18-23-35-26-27(30(2)3)25-34-22-17-13-15-20-28(31)33-4;1-3-4-5-6-7-8-9-10-17-22-34-27(30)19-14-12-16-21-33-24-25(28)23-32-20-15-11-13-18-26(29)31-2/h12,19,27H,5-11,13-18,20-26H2,1-4H3;10,17H,3-9,11-16,18-24H2,1-2H3/b19-12-;17-10-. The monoisotopic (exact) mass is 998 g/mol. The van der Waals surface area contributed by atoms with E-state index in [2.05, 4.69) is 40.4 Å². The quantitative estimate of drug-likeness (QED) is 0.0245. The number of methoxy groups -OCH3 is 2. The molecule has 0 fully saturated rings. The topological polar surface area (TPSA) is 162 Å². The van der Waals surface area contributed by atoms with Crippen molar-refractivity contribution in [2.45, 2.75) is 213 Å². The first-order valence-corrected chi connectivity index (χ1v) is 27.3. The van der Waals surface area contributed by atoms with Gasteiger partial charge in [-0.25, -0.2) is 0 Å². The Morgan fingerprint density at radius 3 is 1.09 bits per heavy atom. The number of ketones is 1. The van der Waals surface area contributed by atoms with Crippen molar-refractivity contribution in [3.05, 3.63) is 24.3 Å². The second-order valence-corrected chi connectivity index (χ2v) is 18.2. The molecule has 0 amide bonds. The van der Waals surface area contributed by atoms with E-state index < -0.39 is 0 Å². The van der Waals surface area contributed by atoms with E-state index in [1.54, 1.807) is 0 Å². The van der Waals surface area contributed by atoms with Gasteiger partial charge in [0.05, 0.1) is 33.5 Å². The van der Waals surface area contributed by atoms with Crippen molar-refractivity contribution in [2.24, 2.45) is 0 Å². The molecule has 0 spiro atoms. The van der Waals surface area contributed by atoms with Crippen LogP contribution >= 0.6 is 0 Å². The molecule has 0 saturated heterocycles. The third kappa shape index (κ3) is 55.8. The number of unbranched alkanes of at least 4 members (excludes halogenated alkanes) is 20. The van der Waals surface area contributed by atoms with E-state index in [9.17, 15) is 24.0 Å². The first-order valence-electron chi connectivity index (χ1n) is 27.3. The van der Waals surface area contributed by atoms with Gasteiger partial charge in [0.1, 0.15) is 26.4 Å². The van der Waals surface area contributed by atoms with Gasteiger partial charge in [0.2, 0.25) is 0 Å². The summed E-state index contributed by atoms with van der Waals surface area (Å²) in [4.78, 5) is 59.4. The minimum atomic E-state index is -0.199. The van der Waals surface area contributed by atoms with Crippen LogP contribution in [0, 0.1) is 0 Å². The fourth-order valence-electron chi connectivity index (χ4n) is 6.89. The van der Waals surface area contributed by atoms with Crippen LogP contribution in [0.25, 0.3) is 0 Å². The lowest BCUT2D eigenvalue weighted by molar-refractivity contribution is -0.143. The lowest BCUT2D eigenvalue weighted by Crippen LogP contribution is -2.37. The number of nitrogens with zero attached hydrogens (tertiary/aromatic N) is 1. The summed E-state index contributed by atoms with van der Waals surface area (Å²) in [6.07, 6.45) is 37.9. The van der Waals surface area contributed by atoms with Crippen molar-refractivity contribution in [3.8, 4) is 0 Å². The van der Waals surface area contributed by atoms with Gasteiger partial charge in [0, 0.05) is 52.1 Å². The van der Waals surface area contributed by atoms with Crippen molar-refractivity contribution in [1.82, 2.24) is 4.90 Å². The van der Waals surface area contributed by atoms with Crippen LogP contribution < -0.4 is 0 Å². The summed E-state index contributed by atoms with van der Waals surface area (Å²) in [5.74, 6) is -0.710. The third-order valence-corrected chi connectivity index (χ3v) is 11.5. The molecule has 0 aromatic carbocycles. The predicted molar refractivity (Wildman–Crippen MR) is 280 cm³/mol. The van der Waals surface area contributed by atoms with Gasteiger partial charge in [-0.1, -0.05) is 128 Å². The summed E-state index contributed by atoms with van der Waals surface area (Å²) in [5, 5.41) is 0. The maximum Gasteiger partial charge on any atom is 0.306 e. The molecule has 0 N–H and O–H groups in total. The SMILES string of the molecule is CCCCCCCC/C=C\COC(=O)CCCCCOCC(=O)COCCCCCC(=O)OC.CCCCCCCC/C=C\COC(=O)CCCCCOCC(COCCCCCC(=O)OC)N(C)C. The molecule has 0 aromatic heterocycles. The molecule has 1 unspecified atom stereocenters. The second kappa shape index (κ2) is 56.7. The Bertz CT molecular complexity index is 1260. The van der Waals surface area contributed by atoms with E-state index in [0.717, 1.165) is 89.9 Å². The number of hydrogen-bond acceptors (Lipinski definition) is 14. The maximum atomic E-state index is 11.8. The molecule has 0 aliphatic rings. The van der Waals surface area contributed by atoms with Crippen LogP contribution in [0.5, 0.6) is 0 Å². The number of Topliss-reactive ketones (excluding diaryl/α,β-unsaturated/α-hetero) is 1.